The average Bonchev–Trinajstić information content (AvgIpc) is 2.46. The highest BCUT2D eigenvalue weighted by Crippen LogP contribution is 2.25. The lowest BCUT2D eigenvalue weighted by atomic mass is 9.79. The highest BCUT2D eigenvalue weighted by molar-refractivity contribution is 5.89. The van der Waals surface area contributed by atoms with Gasteiger partial charge < -0.3 is 0 Å². The van der Waals surface area contributed by atoms with Crippen molar-refractivity contribution in [3.05, 3.63) is 71.8 Å². The molecule has 0 saturated heterocycles. The Kier molecular flexibility index (Phi) is 4.16. The number of hydrogen-bond acceptors (Lipinski definition) is 1. The molecule has 0 aliphatic heterocycles. The summed E-state index contributed by atoms with van der Waals surface area (Å²) < 4.78 is 0. The van der Waals surface area contributed by atoms with Crippen LogP contribution in [-0.4, -0.2) is 5.78 Å². The summed E-state index contributed by atoms with van der Waals surface area (Å²) in [6, 6.07) is 20.2. The van der Waals surface area contributed by atoms with Crippen LogP contribution in [0.15, 0.2) is 60.7 Å². The lowest BCUT2D eigenvalue weighted by molar-refractivity contribution is -0.123. The van der Waals surface area contributed by atoms with E-state index in [1.54, 1.807) is 0 Å². The Balaban J connectivity index is 2.03. The molecule has 0 N–H and O–H groups in total. The molecule has 0 unspecified atom stereocenters. The van der Waals surface area contributed by atoms with E-state index < -0.39 is 5.41 Å². The van der Waals surface area contributed by atoms with Gasteiger partial charge in [-0.05, 0) is 31.4 Å². The van der Waals surface area contributed by atoms with Crippen molar-refractivity contribution in [1.29, 1.82) is 0 Å². The second-order valence-electron chi connectivity index (χ2n) is 5.40. The van der Waals surface area contributed by atoms with Gasteiger partial charge >= 0.3 is 0 Å². The van der Waals surface area contributed by atoms with E-state index in [2.05, 4.69) is 12.1 Å². The predicted molar refractivity (Wildman–Crippen MR) is 79.2 cm³/mol. The summed E-state index contributed by atoms with van der Waals surface area (Å²) in [4.78, 5) is 12.4. The topological polar surface area (TPSA) is 17.1 Å². The third-order valence-corrected chi connectivity index (χ3v) is 3.68. The quantitative estimate of drug-likeness (QED) is 0.780. The van der Waals surface area contributed by atoms with Crippen LogP contribution in [0.25, 0.3) is 0 Å². The van der Waals surface area contributed by atoms with E-state index in [0.29, 0.717) is 12.2 Å². The van der Waals surface area contributed by atoms with Gasteiger partial charge in [0.2, 0.25) is 0 Å². The molecule has 98 valence electrons. The number of carbonyl (C=O) groups excluding carboxylic acids is 1. The molecule has 2 rings (SSSR count). The number of benzene rings is 2. The molecule has 0 saturated carbocycles. The fourth-order valence-corrected chi connectivity index (χ4v) is 2.23. The lowest BCUT2D eigenvalue weighted by Gasteiger charge is -2.23. The van der Waals surface area contributed by atoms with Gasteiger partial charge in [0.1, 0.15) is 5.78 Å². The van der Waals surface area contributed by atoms with Crippen molar-refractivity contribution in [2.45, 2.75) is 32.1 Å². The summed E-state index contributed by atoms with van der Waals surface area (Å²) in [5.74, 6) is 0.294. The third-order valence-electron chi connectivity index (χ3n) is 3.68. The van der Waals surface area contributed by atoms with Crippen molar-refractivity contribution in [2.24, 2.45) is 0 Å². The molecule has 0 aliphatic carbocycles. The smallest absolute Gasteiger partial charge is 0.143 e. The Morgan fingerprint density at radius 1 is 0.895 bits per heavy atom. The maximum atomic E-state index is 12.4. The minimum atomic E-state index is -0.407. The summed E-state index contributed by atoms with van der Waals surface area (Å²) in [5.41, 5.74) is 1.91. The van der Waals surface area contributed by atoms with E-state index in [-0.39, 0.29) is 0 Å². The molecule has 1 heteroatoms. The van der Waals surface area contributed by atoms with E-state index in [0.717, 1.165) is 12.0 Å². The number of aryl methyl sites for hydroxylation is 1. The summed E-state index contributed by atoms with van der Waals surface area (Å²) in [5, 5.41) is 0. The van der Waals surface area contributed by atoms with Crippen molar-refractivity contribution in [3.63, 3.8) is 0 Å². The first-order valence-corrected chi connectivity index (χ1v) is 6.73. The molecule has 0 bridgehead atoms. The Bertz CT molecular complexity index is 526. The van der Waals surface area contributed by atoms with Crippen molar-refractivity contribution >= 4 is 5.78 Å². The first kappa shape index (κ1) is 13.5. The minimum Gasteiger partial charge on any atom is -0.299 e. The Morgan fingerprint density at radius 2 is 1.42 bits per heavy atom. The molecule has 0 radical (unpaired) electrons. The summed E-state index contributed by atoms with van der Waals surface area (Å²) >= 11 is 0. The van der Waals surface area contributed by atoms with Crippen LogP contribution in [0.3, 0.4) is 0 Å². The molecule has 0 atom stereocenters. The van der Waals surface area contributed by atoms with Gasteiger partial charge in [-0.2, -0.15) is 0 Å². The molecule has 0 spiro atoms. The zero-order valence-corrected chi connectivity index (χ0v) is 11.6. The highest BCUT2D eigenvalue weighted by atomic mass is 16.1. The Labute approximate surface area is 115 Å². The van der Waals surface area contributed by atoms with Crippen molar-refractivity contribution in [2.75, 3.05) is 0 Å². The van der Waals surface area contributed by atoms with E-state index in [1.165, 1.54) is 5.56 Å². The average molecular weight is 252 g/mol. The number of rotatable bonds is 5. The van der Waals surface area contributed by atoms with Crippen molar-refractivity contribution in [3.8, 4) is 0 Å². The minimum absolute atomic E-state index is 0.294. The molecule has 0 aliphatic rings. The number of carbonyl (C=O) groups is 1. The molecule has 19 heavy (non-hydrogen) atoms. The summed E-state index contributed by atoms with van der Waals surface area (Å²) in [6.07, 6.45) is 1.40. The van der Waals surface area contributed by atoms with E-state index >= 15 is 0 Å². The molecular formula is C18H20O. The third kappa shape index (κ3) is 3.31. The van der Waals surface area contributed by atoms with Crippen LogP contribution in [0, 0.1) is 0 Å². The fraction of sp³-hybridized carbons (Fsp3) is 0.278. The van der Waals surface area contributed by atoms with Gasteiger partial charge in [0.05, 0.1) is 0 Å². The van der Waals surface area contributed by atoms with Crippen LogP contribution in [0.4, 0.5) is 0 Å². The molecule has 2 aromatic carbocycles. The molecule has 0 fully saturated rings. The van der Waals surface area contributed by atoms with Gasteiger partial charge in [0.15, 0.2) is 0 Å². The lowest BCUT2D eigenvalue weighted by Crippen LogP contribution is -2.29. The van der Waals surface area contributed by atoms with Crippen LogP contribution in [0.1, 0.15) is 31.4 Å². The largest absolute Gasteiger partial charge is 0.299 e. The van der Waals surface area contributed by atoms with Gasteiger partial charge in [-0.1, -0.05) is 60.7 Å². The molecular weight excluding hydrogens is 232 g/mol. The van der Waals surface area contributed by atoms with Crippen LogP contribution < -0.4 is 0 Å². The van der Waals surface area contributed by atoms with Crippen LogP contribution in [0.5, 0.6) is 0 Å². The first-order valence-electron chi connectivity index (χ1n) is 6.73. The number of Topliss-reactive ketones (excluding diaryl/α,β-unsaturated/α-hetero) is 1. The van der Waals surface area contributed by atoms with Crippen molar-refractivity contribution < 1.29 is 4.79 Å². The van der Waals surface area contributed by atoms with Crippen molar-refractivity contribution in [1.82, 2.24) is 0 Å². The predicted octanol–water partition coefficient (Wildman–Crippen LogP) is 4.17. The molecule has 1 nitrogen and oxygen atoms in total. The molecule has 0 aromatic heterocycles. The SMILES string of the molecule is CC(C)(C(=O)CCc1ccccc1)c1ccccc1. The molecule has 2 aromatic rings. The van der Waals surface area contributed by atoms with Gasteiger partial charge in [-0.3, -0.25) is 4.79 Å². The van der Waals surface area contributed by atoms with E-state index in [9.17, 15) is 4.79 Å². The molecule has 0 amide bonds. The van der Waals surface area contributed by atoms with Crippen LogP contribution in [0.2, 0.25) is 0 Å². The van der Waals surface area contributed by atoms with Crippen LogP contribution >= 0.6 is 0 Å². The van der Waals surface area contributed by atoms with E-state index in [4.69, 9.17) is 0 Å². The number of ketones is 1. The van der Waals surface area contributed by atoms with Gasteiger partial charge in [-0.25, -0.2) is 0 Å². The van der Waals surface area contributed by atoms with E-state index in [1.807, 2.05) is 62.4 Å². The Hall–Kier alpha value is -1.89. The normalized spacial score (nSPS) is 11.3. The standard InChI is InChI=1S/C18H20O/c1-18(2,16-11-7-4-8-12-16)17(19)14-13-15-9-5-3-6-10-15/h3-12H,13-14H2,1-2H3. The van der Waals surface area contributed by atoms with Gasteiger partial charge in [0.25, 0.3) is 0 Å². The van der Waals surface area contributed by atoms with Gasteiger partial charge in [-0.15, -0.1) is 0 Å². The van der Waals surface area contributed by atoms with Crippen LogP contribution in [-0.2, 0) is 16.6 Å². The maximum Gasteiger partial charge on any atom is 0.143 e. The van der Waals surface area contributed by atoms with Gasteiger partial charge in [0, 0.05) is 11.8 Å². The highest BCUT2D eigenvalue weighted by Gasteiger charge is 2.28. The Morgan fingerprint density at radius 3 is 2.00 bits per heavy atom. The maximum absolute atomic E-state index is 12.4. The second kappa shape index (κ2) is 5.83. The summed E-state index contributed by atoms with van der Waals surface area (Å²) in [7, 11) is 0. The number of hydrogen-bond donors (Lipinski definition) is 0. The molecule has 0 heterocycles. The zero-order valence-electron chi connectivity index (χ0n) is 11.6. The monoisotopic (exact) mass is 252 g/mol. The fourth-order valence-electron chi connectivity index (χ4n) is 2.23. The first-order chi connectivity index (χ1) is 9.10. The zero-order chi connectivity index (χ0) is 13.7. The second-order valence-corrected chi connectivity index (χ2v) is 5.40. The summed E-state index contributed by atoms with van der Waals surface area (Å²) in [6.45, 7) is 4.02.